The average Bonchev–Trinajstić information content (AvgIpc) is 2.95. The fourth-order valence-electron chi connectivity index (χ4n) is 2.91. The Bertz CT molecular complexity index is 665. The first-order chi connectivity index (χ1) is 10.6. The van der Waals surface area contributed by atoms with Gasteiger partial charge in [0, 0.05) is 19.4 Å². The molecule has 2 N–H and O–H groups in total. The standard InChI is InChI=1S/C16H19N3O2S/c17-16(21)12-6-3-4-10-19(12)15(20)9-8-14-18-11-5-1-2-7-13(11)22-14/h1-2,5,7,12H,3-4,6,8-10H2,(H2,17,21). The molecular weight excluding hydrogens is 298 g/mol. The van der Waals surface area contributed by atoms with Gasteiger partial charge >= 0.3 is 0 Å². The number of fused-ring (bicyclic) bond motifs is 1. The molecule has 3 rings (SSSR count). The number of nitrogens with zero attached hydrogens (tertiary/aromatic N) is 2. The Balaban J connectivity index is 1.64. The van der Waals surface area contributed by atoms with Crippen molar-refractivity contribution in [1.29, 1.82) is 0 Å². The van der Waals surface area contributed by atoms with Crippen molar-refractivity contribution < 1.29 is 9.59 Å². The smallest absolute Gasteiger partial charge is 0.240 e. The van der Waals surface area contributed by atoms with Crippen molar-refractivity contribution in [2.24, 2.45) is 5.73 Å². The predicted molar refractivity (Wildman–Crippen MR) is 86.5 cm³/mol. The van der Waals surface area contributed by atoms with Crippen LogP contribution in [-0.2, 0) is 16.0 Å². The van der Waals surface area contributed by atoms with Gasteiger partial charge in [-0.25, -0.2) is 4.98 Å². The van der Waals surface area contributed by atoms with Crippen molar-refractivity contribution in [3.8, 4) is 0 Å². The molecule has 1 atom stereocenters. The molecule has 1 aromatic heterocycles. The number of piperidine rings is 1. The van der Waals surface area contributed by atoms with Gasteiger partial charge in [-0.05, 0) is 31.4 Å². The van der Waals surface area contributed by atoms with Crippen LogP contribution in [0.4, 0.5) is 0 Å². The quantitative estimate of drug-likeness (QED) is 0.938. The van der Waals surface area contributed by atoms with Gasteiger partial charge in [-0.15, -0.1) is 11.3 Å². The van der Waals surface area contributed by atoms with Gasteiger partial charge in [-0.2, -0.15) is 0 Å². The van der Waals surface area contributed by atoms with Crippen LogP contribution in [0.15, 0.2) is 24.3 Å². The largest absolute Gasteiger partial charge is 0.368 e. The topological polar surface area (TPSA) is 76.3 Å². The van der Waals surface area contributed by atoms with E-state index in [4.69, 9.17) is 5.73 Å². The second kappa shape index (κ2) is 6.44. The Morgan fingerprint density at radius 3 is 2.91 bits per heavy atom. The number of carbonyl (C=O) groups is 2. The van der Waals surface area contributed by atoms with Gasteiger partial charge in [0.25, 0.3) is 0 Å². The van der Waals surface area contributed by atoms with Crippen LogP contribution in [0.5, 0.6) is 0 Å². The van der Waals surface area contributed by atoms with Crippen LogP contribution in [-0.4, -0.2) is 34.3 Å². The van der Waals surface area contributed by atoms with Crippen LogP contribution >= 0.6 is 11.3 Å². The highest BCUT2D eigenvalue weighted by molar-refractivity contribution is 7.18. The number of carbonyl (C=O) groups excluding carboxylic acids is 2. The second-order valence-corrected chi connectivity index (χ2v) is 6.69. The van der Waals surface area contributed by atoms with Gasteiger partial charge in [0.2, 0.25) is 11.8 Å². The Morgan fingerprint density at radius 1 is 1.32 bits per heavy atom. The molecule has 1 fully saturated rings. The van der Waals surface area contributed by atoms with Crippen LogP contribution in [0.1, 0.15) is 30.7 Å². The number of hydrogen-bond acceptors (Lipinski definition) is 4. The van der Waals surface area contributed by atoms with Crippen molar-refractivity contribution in [3.63, 3.8) is 0 Å². The highest BCUT2D eigenvalue weighted by Gasteiger charge is 2.30. The maximum atomic E-state index is 12.4. The summed E-state index contributed by atoms with van der Waals surface area (Å²) in [6.45, 7) is 0.631. The third-order valence-corrected chi connectivity index (χ3v) is 5.14. The normalized spacial score (nSPS) is 18.5. The van der Waals surface area contributed by atoms with E-state index in [2.05, 4.69) is 4.98 Å². The number of para-hydroxylation sites is 1. The Kier molecular flexibility index (Phi) is 4.38. The van der Waals surface area contributed by atoms with E-state index >= 15 is 0 Å². The lowest BCUT2D eigenvalue weighted by molar-refractivity contribution is -0.141. The molecule has 5 nitrogen and oxygen atoms in total. The van der Waals surface area contributed by atoms with E-state index in [0.717, 1.165) is 28.1 Å². The zero-order valence-electron chi connectivity index (χ0n) is 12.3. The maximum Gasteiger partial charge on any atom is 0.240 e. The van der Waals surface area contributed by atoms with E-state index in [1.165, 1.54) is 0 Å². The number of benzene rings is 1. The summed E-state index contributed by atoms with van der Waals surface area (Å²) in [5.74, 6) is -0.393. The molecule has 6 heteroatoms. The summed E-state index contributed by atoms with van der Waals surface area (Å²) in [5.41, 5.74) is 6.39. The predicted octanol–water partition coefficient (Wildman–Crippen LogP) is 2.10. The van der Waals surface area contributed by atoms with Crippen molar-refractivity contribution in [3.05, 3.63) is 29.3 Å². The fourth-order valence-corrected chi connectivity index (χ4v) is 3.88. The van der Waals surface area contributed by atoms with Gasteiger partial charge < -0.3 is 10.6 Å². The number of amides is 2. The first-order valence-electron chi connectivity index (χ1n) is 7.58. The molecule has 1 aliphatic rings. The van der Waals surface area contributed by atoms with Crippen LogP contribution in [0, 0.1) is 0 Å². The van der Waals surface area contributed by atoms with Gasteiger partial charge in [0.05, 0.1) is 15.2 Å². The Labute approximate surface area is 133 Å². The molecule has 1 aliphatic heterocycles. The number of likely N-dealkylation sites (tertiary alicyclic amines) is 1. The summed E-state index contributed by atoms with van der Waals surface area (Å²) < 4.78 is 1.14. The van der Waals surface area contributed by atoms with E-state index < -0.39 is 11.9 Å². The van der Waals surface area contributed by atoms with Gasteiger partial charge in [-0.3, -0.25) is 9.59 Å². The number of rotatable bonds is 4. The van der Waals surface area contributed by atoms with E-state index in [-0.39, 0.29) is 5.91 Å². The summed E-state index contributed by atoms with van der Waals surface area (Å²) in [6, 6.07) is 7.52. The van der Waals surface area contributed by atoms with Gasteiger partial charge in [-0.1, -0.05) is 12.1 Å². The maximum absolute atomic E-state index is 12.4. The van der Waals surface area contributed by atoms with E-state index in [1.807, 2.05) is 24.3 Å². The Hall–Kier alpha value is -1.95. The zero-order chi connectivity index (χ0) is 15.5. The van der Waals surface area contributed by atoms with E-state index in [0.29, 0.717) is 25.8 Å². The molecule has 2 aromatic rings. The number of aryl methyl sites for hydroxylation is 1. The van der Waals surface area contributed by atoms with Crippen LogP contribution in [0.3, 0.4) is 0 Å². The Morgan fingerprint density at radius 2 is 2.14 bits per heavy atom. The first kappa shape index (κ1) is 15.0. The average molecular weight is 317 g/mol. The minimum absolute atomic E-state index is 0.00255. The lowest BCUT2D eigenvalue weighted by Gasteiger charge is -2.33. The molecule has 0 spiro atoms. The summed E-state index contributed by atoms with van der Waals surface area (Å²) in [4.78, 5) is 30.1. The van der Waals surface area contributed by atoms with Crippen LogP contribution in [0.25, 0.3) is 10.2 Å². The lowest BCUT2D eigenvalue weighted by Crippen LogP contribution is -2.50. The molecule has 1 aromatic carbocycles. The van der Waals surface area contributed by atoms with E-state index in [9.17, 15) is 9.59 Å². The van der Waals surface area contributed by atoms with Crippen molar-refractivity contribution in [2.75, 3.05) is 6.54 Å². The monoisotopic (exact) mass is 317 g/mol. The number of hydrogen-bond donors (Lipinski definition) is 1. The zero-order valence-corrected chi connectivity index (χ0v) is 13.1. The molecule has 116 valence electrons. The second-order valence-electron chi connectivity index (χ2n) is 5.58. The number of aromatic nitrogens is 1. The first-order valence-corrected chi connectivity index (χ1v) is 8.40. The third kappa shape index (κ3) is 3.11. The number of nitrogens with two attached hydrogens (primary N) is 1. The minimum Gasteiger partial charge on any atom is -0.368 e. The summed E-state index contributed by atoms with van der Waals surface area (Å²) in [7, 11) is 0. The van der Waals surface area contributed by atoms with Crippen molar-refractivity contribution in [2.45, 2.75) is 38.1 Å². The van der Waals surface area contributed by atoms with Gasteiger partial charge in [0.1, 0.15) is 6.04 Å². The molecule has 22 heavy (non-hydrogen) atoms. The molecule has 2 amide bonds. The number of primary amides is 1. The summed E-state index contributed by atoms with van der Waals surface area (Å²) in [5, 5.41) is 0.960. The van der Waals surface area contributed by atoms with Crippen molar-refractivity contribution >= 4 is 33.4 Å². The highest BCUT2D eigenvalue weighted by atomic mass is 32.1. The minimum atomic E-state index is -0.434. The molecule has 0 bridgehead atoms. The van der Waals surface area contributed by atoms with Crippen molar-refractivity contribution in [1.82, 2.24) is 9.88 Å². The summed E-state index contributed by atoms with van der Waals surface area (Å²) >= 11 is 1.62. The van der Waals surface area contributed by atoms with Gasteiger partial charge in [0.15, 0.2) is 0 Å². The lowest BCUT2D eigenvalue weighted by atomic mass is 10.0. The summed E-state index contributed by atoms with van der Waals surface area (Å²) in [6.07, 6.45) is 3.57. The SMILES string of the molecule is NC(=O)C1CCCCN1C(=O)CCc1nc2ccccc2s1. The molecule has 1 unspecified atom stereocenters. The van der Waals surface area contributed by atoms with Crippen LogP contribution in [0.2, 0.25) is 0 Å². The number of thiazole rings is 1. The molecule has 1 saturated heterocycles. The molecule has 0 saturated carbocycles. The molecule has 2 heterocycles. The highest BCUT2D eigenvalue weighted by Crippen LogP contribution is 2.23. The third-order valence-electron chi connectivity index (χ3n) is 4.04. The fraction of sp³-hybridized carbons (Fsp3) is 0.438. The molecule has 0 aliphatic carbocycles. The molecule has 0 radical (unpaired) electrons. The molecular formula is C16H19N3O2S. The van der Waals surface area contributed by atoms with E-state index in [1.54, 1.807) is 16.2 Å². The van der Waals surface area contributed by atoms with Crippen LogP contribution < -0.4 is 5.73 Å².